The average Bonchev–Trinajstić information content (AvgIpc) is 2.82. The fourth-order valence-corrected chi connectivity index (χ4v) is 2.17. The second kappa shape index (κ2) is 4.76. The molecule has 0 unspecified atom stereocenters. The molecule has 2 heterocycles. The molecule has 0 bridgehead atoms. The molecular formula is C14H11F3N4. The van der Waals surface area contributed by atoms with Gasteiger partial charge in [0.05, 0.1) is 11.3 Å². The van der Waals surface area contributed by atoms with Crippen molar-refractivity contribution in [3.63, 3.8) is 0 Å². The van der Waals surface area contributed by atoms with Crippen LogP contribution < -0.4 is 5.73 Å². The molecule has 108 valence electrons. The number of hydrogen-bond donors (Lipinski definition) is 1. The van der Waals surface area contributed by atoms with Gasteiger partial charge in [-0.25, -0.2) is 9.50 Å². The monoisotopic (exact) mass is 292 g/mol. The minimum atomic E-state index is -4.39. The molecule has 0 fully saturated rings. The lowest BCUT2D eigenvalue weighted by Crippen LogP contribution is -2.09. The quantitative estimate of drug-likeness (QED) is 0.790. The molecule has 0 saturated carbocycles. The zero-order chi connectivity index (χ0) is 15.0. The van der Waals surface area contributed by atoms with Gasteiger partial charge in [0.1, 0.15) is 0 Å². The molecule has 0 radical (unpaired) electrons. The molecule has 0 atom stereocenters. The number of rotatable bonds is 2. The van der Waals surface area contributed by atoms with Crippen molar-refractivity contribution in [1.29, 1.82) is 0 Å². The zero-order valence-electron chi connectivity index (χ0n) is 10.8. The van der Waals surface area contributed by atoms with E-state index in [1.807, 2.05) is 0 Å². The minimum absolute atomic E-state index is 0.00317. The van der Waals surface area contributed by atoms with Crippen LogP contribution in [0.25, 0.3) is 5.65 Å². The Morgan fingerprint density at radius 3 is 2.57 bits per heavy atom. The summed E-state index contributed by atoms with van der Waals surface area (Å²) in [5.74, 6) is 0.296. The van der Waals surface area contributed by atoms with Crippen LogP contribution in [0.4, 0.5) is 18.9 Å². The van der Waals surface area contributed by atoms with Crippen LogP contribution in [0.5, 0.6) is 0 Å². The summed E-state index contributed by atoms with van der Waals surface area (Å²) >= 11 is 0. The minimum Gasteiger partial charge on any atom is -0.396 e. The van der Waals surface area contributed by atoms with Crippen LogP contribution in [0.15, 0.2) is 42.6 Å². The van der Waals surface area contributed by atoms with Gasteiger partial charge in [-0.3, -0.25) is 0 Å². The van der Waals surface area contributed by atoms with Crippen LogP contribution in [0.1, 0.15) is 17.0 Å². The van der Waals surface area contributed by atoms with Crippen LogP contribution in [0.2, 0.25) is 0 Å². The van der Waals surface area contributed by atoms with Crippen LogP contribution in [-0.2, 0) is 12.6 Å². The lowest BCUT2D eigenvalue weighted by Gasteiger charge is -2.11. The average molecular weight is 292 g/mol. The van der Waals surface area contributed by atoms with E-state index in [1.54, 1.807) is 24.4 Å². The number of aromatic nitrogens is 3. The maximum absolute atomic E-state index is 13.0. The molecule has 2 N–H and O–H groups in total. The maximum Gasteiger partial charge on any atom is 0.416 e. The number of fused-ring (bicyclic) bond motifs is 1. The van der Waals surface area contributed by atoms with E-state index in [-0.39, 0.29) is 12.0 Å². The van der Waals surface area contributed by atoms with Gasteiger partial charge in [0.2, 0.25) is 0 Å². The summed E-state index contributed by atoms with van der Waals surface area (Å²) in [5, 5.41) is 4.15. The number of benzene rings is 1. The molecule has 0 aliphatic carbocycles. The van der Waals surface area contributed by atoms with Crippen molar-refractivity contribution < 1.29 is 13.2 Å². The molecule has 3 aromatic rings. The van der Waals surface area contributed by atoms with Crippen molar-refractivity contribution in [3.05, 3.63) is 59.5 Å². The fraction of sp³-hybridized carbons (Fsp3) is 0.143. The third kappa shape index (κ3) is 2.54. The van der Waals surface area contributed by atoms with E-state index in [0.29, 0.717) is 17.2 Å². The Balaban J connectivity index is 2.01. The highest BCUT2D eigenvalue weighted by Gasteiger charge is 2.33. The SMILES string of the molecule is Nc1cccn2nc(Cc3ccccc3C(F)(F)F)nc12. The first-order chi connectivity index (χ1) is 9.95. The summed E-state index contributed by atoms with van der Waals surface area (Å²) in [4.78, 5) is 4.19. The Bertz CT molecular complexity index is 792. The number of nitrogens with two attached hydrogens (primary N) is 1. The normalized spacial score (nSPS) is 12.0. The lowest BCUT2D eigenvalue weighted by atomic mass is 10.0. The third-order valence-corrected chi connectivity index (χ3v) is 3.11. The van der Waals surface area contributed by atoms with E-state index in [1.165, 1.54) is 16.6 Å². The fourth-order valence-electron chi connectivity index (χ4n) is 2.17. The molecule has 7 heteroatoms. The van der Waals surface area contributed by atoms with E-state index >= 15 is 0 Å². The summed E-state index contributed by atoms with van der Waals surface area (Å²) in [5.41, 5.74) is 6.10. The van der Waals surface area contributed by atoms with Crippen molar-refractivity contribution in [2.45, 2.75) is 12.6 Å². The second-order valence-corrected chi connectivity index (χ2v) is 4.59. The Labute approximate surface area is 118 Å². The number of alkyl halides is 3. The smallest absolute Gasteiger partial charge is 0.396 e. The highest BCUT2D eigenvalue weighted by atomic mass is 19.4. The van der Waals surface area contributed by atoms with Gasteiger partial charge >= 0.3 is 6.18 Å². The molecular weight excluding hydrogens is 281 g/mol. The van der Waals surface area contributed by atoms with Crippen LogP contribution >= 0.6 is 0 Å². The van der Waals surface area contributed by atoms with Gasteiger partial charge in [-0.15, -0.1) is 0 Å². The molecule has 3 rings (SSSR count). The van der Waals surface area contributed by atoms with Gasteiger partial charge in [0.25, 0.3) is 0 Å². The van der Waals surface area contributed by atoms with E-state index in [0.717, 1.165) is 6.07 Å². The number of halogens is 3. The summed E-state index contributed by atoms with van der Waals surface area (Å²) in [6, 6.07) is 8.77. The van der Waals surface area contributed by atoms with Gasteiger partial charge in [0, 0.05) is 12.6 Å². The van der Waals surface area contributed by atoms with Crippen molar-refractivity contribution in [2.24, 2.45) is 0 Å². The lowest BCUT2D eigenvalue weighted by molar-refractivity contribution is -0.138. The predicted molar refractivity (Wildman–Crippen MR) is 71.6 cm³/mol. The number of nitrogen functional groups attached to an aromatic ring is 1. The number of anilines is 1. The number of nitrogens with zero attached hydrogens (tertiary/aromatic N) is 3. The largest absolute Gasteiger partial charge is 0.416 e. The molecule has 1 aromatic carbocycles. The van der Waals surface area contributed by atoms with Gasteiger partial charge in [-0.1, -0.05) is 18.2 Å². The molecule has 0 spiro atoms. The van der Waals surface area contributed by atoms with E-state index in [4.69, 9.17) is 5.73 Å². The van der Waals surface area contributed by atoms with E-state index in [2.05, 4.69) is 10.1 Å². The van der Waals surface area contributed by atoms with Gasteiger partial charge in [-0.05, 0) is 23.8 Å². The predicted octanol–water partition coefficient (Wildman–Crippen LogP) is 2.92. The highest BCUT2D eigenvalue weighted by molar-refractivity contribution is 5.63. The van der Waals surface area contributed by atoms with Gasteiger partial charge < -0.3 is 5.73 Å². The first kappa shape index (κ1) is 13.4. The summed E-state index contributed by atoms with van der Waals surface area (Å²) < 4.78 is 40.3. The topological polar surface area (TPSA) is 56.2 Å². The van der Waals surface area contributed by atoms with Crippen molar-refractivity contribution in [3.8, 4) is 0 Å². The molecule has 0 aliphatic rings. The van der Waals surface area contributed by atoms with Gasteiger partial charge in [0.15, 0.2) is 11.5 Å². The molecule has 21 heavy (non-hydrogen) atoms. The summed E-state index contributed by atoms with van der Waals surface area (Å²) in [6.07, 6.45) is -2.75. The second-order valence-electron chi connectivity index (χ2n) is 4.59. The molecule has 2 aromatic heterocycles. The third-order valence-electron chi connectivity index (χ3n) is 3.11. The van der Waals surface area contributed by atoms with Gasteiger partial charge in [-0.2, -0.15) is 18.3 Å². The molecule has 0 amide bonds. The molecule has 0 aliphatic heterocycles. The van der Waals surface area contributed by atoms with E-state index < -0.39 is 11.7 Å². The molecule has 0 saturated heterocycles. The van der Waals surface area contributed by atoms with E-state index in [9.17, 15) is 13.2 Å². The molecule has 4 nitrogen and oxygen atoms in total. The Hall–Kier alpha value is -2.57. The Morgan fingerprint density at radius 2 is 1.86 bits per heavy atom. The summed E-state index contributed by atoms with van der Waals surface area (Å²) in [7, 11) is 0. The zero-order valence-corrected chi connectivity index (χ0v) is 10.8. The van der Waals surface area contributed by atoms with Crippen LogP contribution in [-0.4, -0.2) is 14.6 Å². The van der Waals surface area contributed by atoms with Crippen LogP contribution in [0, 0.1) is 0 Å². The first-order valence-corrected chi connectivity index (χ1v) is 6.20. The standard InChI is InChI=1S/C14H11F3N4/c15-14(16,17)10-5-2-1-4-9(10)8-12-19-13-11(18)6-3-7-21(13)20-12/h1-7H,8,18H2. The van der Waals surface area contributed by atoms with Crippen molar-refractivity contribution >= 4 is 11.3 Å². The number of pyridine rings is 1. The van der Waals surface area contributed by atoms with Crippen LogP contribution in [0.3, 0.4) is 0 Å². The maximum atomic E-state index is 13.0. The Kier molecular flexibility index (Phi) is 3.04. The number of hydrogen-bond acceptors (Lipinski definition) is 3. The first-order valence-electron chi connectivity index (χ1n) is 6.20. The van der Waals surface area contributed by atoms with Crippen molar-refractivity contribution in [1.82, 2.24) is 14.6 Å². The van der Waals surface area contributed by atoms with Crippen molar-refractivity contribution in [2.75, 3.05) is 5.73 Å². The highest BCUT2D eigenvalue weighted by Crippen LogP contribution is 2.32. The summed E-state index contributed by atoms with van der Waals surface area (Å²) in [6.45, 7) is 0. The Morgan fingerprint density at radius 1 is 1.10 bits per heavy atom.